The van der Waals surface area contributed by atoms with Gasteiger partial charge >= 0.3 is 0 Å². The van der Waals surface area contributed by atoms with Crippen molar-refractivity contribution in [2.24, 2.45) is 5.73 Å². The van der Waals surface area contributed by atoms with Gasteiger partial charge in [-0.3, -0.25) is 9.59 Å². The van der Waals surface area contributed by atoms with Gasteiger partial charge in [0.05, 0.1) is 22.8 Å². The zero-order valence-corrected chi connectivity index (χ0v) is 19.6. The molecule has 170 valence electrons. The number of aryl methyl sites for hydroxylation is 3. The van der Waals surface area contributed by atoms with Gasteiger partial charge in [-0.05, 0) is 68.2 Å². The fourth-order valence-electron chi connectivity index (χ4n) is 4.70. The Bertz CT molecular complexity index is 1370. The number of fused-ring (bicyclic) bond motifs is 2. The number of carbonyl (C=O) groups excluding carboxylic acids is 1. The second kappa shape index (κ2) is 9.59. The zero-order chi connectivity index (χ0) is 23.5. The quantitative estimate of drug-likeness (QED) is 0.414. The van der Waals surface area contributed by atoms with E-state index in [9.17, 15) is 9.59 Å². The second-order valence-corrected chi connectivity index (χ2v) is 8.92. The normalized spacial score (nSPS) is 11.5. The molecule has 5 nitrogen and oxygen atoms in total. The molecule has 0 saturated heterocycles. The molecule has 0 unspecified atom stereocenters. The van der Waals surface area contributed by atoms with E-state index in [0.717, 1.165) is 48.2 Å². The smallest absolute Gasteiger partial charge is 0.221 e. The van der Waals surface area contributed by atoms with Crippen LogP contribution in [0.4, 0.5) is 0 Å². The lowest BCUT2D eigenvalue weighted by molar-refractivity contribution is -0.117. The van der Waals surface area contributed by atoms with Crippen molar-refractivity contribution in [2.75, 3.05) is 13.6 Å². The van der Waals surface area contributed by atoms with Gasteiger partial charge < -0.3 is 15.2 Å². The van der Waals surface area contributed by atoms with Crippen molar-refractivity contribution in [3.63, 3.8) is 0 Å². The van der Waals surface area contributed by atoms with E-state index in [1.165, 1.54) is 5.56 Å². The van der Waals surface area contributed by atoms with Crippen LogP contribution in [0.15, 0.2) is 65.5 Å². The maximum Gasteiger partial charge on any atom is 0.221 e. The van der Waals surface area contributed by atoms with Gasteiger partial charge in [0, 0.05) is 18.5 Å². The average molecular weight is 442 g/mol. The summed E-state index contributed by atoms with van der Waals surface area (Å²) < 4.78 is 2.26. The molecule has 0 radical (unpaired) electrons. The van der Waals surface area contributed by atoms with E-state index in [1.54, 1.807) is 0 Å². The highest BCUT2D eigenvalue weighted by atomic mass is 16.1. The van der Waals surface area contributed by atoms with Gasteiger partial charge in [-0.15, -0.1) is 0 Å². The molecule has 0 aliphatic heterocycles. The monoisotopic (exact) mass is 441 g/mol. The highest BCUT2D eigenvalue weighted by Crippen LogP contribution is 2.26. The summed E-state index contributed by atoms with van der Waals surface area (Å²) in [6.45, 7) is 6.75. The molecule has 1 aromatic heterocycles. The van der Waals surface area contributed by atoms with Gasteiger partial charge in [0.15, 0.2) is 5.43 Å². The van der Waals surface area contributed by atoms with Gasteiger partial charge in [-0.2, -0.15) is 0 Å². The van der Waals surface area contributed by atoms with Gasteiger partial charge in [-0.1, -0.05) is 48.5 Å². The van der Waals surface area contributed by atoms with E-state index in [1.807, 2.05) is 36.4 Å². The molecule has 0 atom stereocenters. The number of amides is 1. The number of carbonyl (C=O) groups is 1. The Kier molecular flexibility index (Phi) is 6.61. The van der Waals surface area contributed by atoms with E-state index in [-0.39, 0.29) is 11.8 Å². The van der Waals surface area contributed by atoms with Crippen LogP contribution in [0.5, 0.6) is 0 Å². The lowest BCUT2D eigenvalue weighted by atomic mass is 9.98. The summed E-state index contributed by atoms with van der Waals surface area (Å²) in [6.07, 6.45) is 0.993. The van der Waals surface area contributed by atoms with E-state index in [4.69, 9.17) is 5.73 Å². The number of rotatable bonds is 8. The van der Waals surface area contributed by atoms with Crippen LogP contribution in [-0.4, -0.2) is 29.0 Å². The Hall–Kier alpha value is -3.44. The summed E-state index contributed by atoms with van der Waals surface area (Å²) in [5.41, 5.74) is 11.6. The molecule has 0 aliphatic rings. The Morgan fingerprint density at radius 3 is 2.48 bits per heavy atom. The highest BCUT2D eigenvalue weighted by molar-refractivity contribution is 5.98. The van der Waals surface area contributed by atoms with Crippen LogP contribution in [-0.2, 0) is 24.3 Å². The van der Waals surface area contributed by atoms with Gasteiger partial charge in [0.25, 0.3) is 0 Å². The van der Waals surface area contributed by atoms with Crippen LogP contribution in [0.2, 0.25) is 0 Å². The molecule has 1 amide bonds. The summed E-state index contributed by atoms with van der Waals surface area (Å²) in [4.78, 5) is 27.5. The summed E-state index contributed by atoms with van der Waals surface area (Å²) in [6, 6.07) is 20.1. The van der Waals surface area contributed by atoms with Gasteiger partial charge in [0.2, 0.25) is 5.91 Å². The molecule has 0 fully saturated rings. The van der Waals surface area contributed by atoms with E-state index >= 15 is 0 Å². The Labute approximate surface area is 194 Å². The van der Waals surface area contributed by atoms with Crippen LogP contribution in [0.3, 0.4) is 0 Å². The predicted molar refractivity (Wildman–Crippen MR) is 135 cm³/mol. The molecule has 3 aromatic carbocycles. The van der Waals surface area contributed by atoms with Crippen LogP contribution in [0.1, 0.15) is 28.7 Å². The van der Waals surface area contributed by atoms with Crippen molar-refractivity contribution in [1.29, 1.82) is 0 Å². The Morgan fingerprint density at radius 2 is 1.76 bits per heavy atom. The van der Waals surface area contributed by atoms with Crippen molar-refractivity contribution in [3.05, 3.63) is 93.1 Å². The third-order valence-corrected chi connectivity index (χ3v) is 6.44. The molecule has 0 spiro atoms. The zero-order valence-electron chi connectivity index (χ0n) is 19.6. The molecule has 4 rings (SSSR count). The first-order valence-corrected chi connectivity index (χ1v) is 11.4. The summed E-state index contributed by atoms with van der Waals surface area (Å²) in [5, 5.41) is 1.30. The van der Waals surface area contributed by atoms with Gasteiger partial charge in [0.1, 0.15) is 0 Å². The number of primary amides is 1. The number of hydrogen-bond donors (Lipinski definition) is 1. The molecule has 0 aliphatic carbocycles. The van der Waals surface area contributed by atoms with E-state index in [2.05, 4.69) is 54.6 Å². The maximum absolute atomic E-state index is 13.5. The lowest BCUT2D eigenvalue weighted by Crippen LogP contribution is -2.22. The predicted octanol–water partition coefficient (Wildman–Crippen LogP) is 4.32. The molecular formula is C28H31N3O2. The number of benzene rings is 3. The van der Waals surface area contributed by atoms with Crippen molar-refractivity contribution in [3.8, 4) is 0 Å². The van der Waals surface area contributed by atoms with Crippen LogP contribution >= 0.6 is 0 Å². The second-order valence-electron chi connectivity index (χ2n) is 8.92. The summed E-state index contributed by atoms with van der Waals surface area (Å²) in [5.74, 6) is -0.434. The summed E-state index contributed by atoms with van der Waals surface area (Å²) in [7, 11) is 2.13. The number of hydrogen-bond acceptors (Lipinski definition) is 3. The largest absolute Gasteiger partial charge is 0.369 e. The van der Waals surface area contributed by atoms with Crippen LogP contribution < -0.4 is 11.2 Å². The molecule has 2 N–H and O–H groups in total. The minimum atomic E-state index is -0.434. The molecule has 4 aromatic rings. The third kappa shape index (κ3) is 4.69. The minimum absolute atomic E-state index is 0.0302. The number of nitrogens with two attached hydrogens (primary N) is 1. The number of pyridine rings is 1. The lowest BCUT2D eigenvalue weighted by Gasteiger charge is -2.21. The standard InChI is InChI=1S/C28H31N3O2/c1-19-13-14-23-27(20(19)2)31(16-8-15-30(3)18-21-9-5-4-6-10-21)24-12-7-11-22(17-25(29)32)26(24)28(23)33/h4-7,9-14H,8,15-18H2,1-3H3,(H2,29,32). The molecular weight excluding hydrogens is 410 g/mol. The van der Waals surface area contributed by atoms with Crippen molar-refractivity contribution in [1.82, 2.24) is 9.47 Å². The SMILES string of the molecule is Cc1ccc2c(=O)c3c(CC(N)=O)cccc3n(CCCN(C)Cc3ccccc3)c2c1C. The summed E-state index contributed by atoms with van der Waals surface area (Å²) >= 11 is 0. The van der Waals surface area contributed by atoms with Crippen molar-refractivity contribution < 1.29 is 4.79 Å². The van der Waals surface area contributed by atoms with Crippen LogP contribution in [0.25, 0.3) is 21.8 Å². The molecule has 0 bridgehead atoms. The van der Waals surface area contributed by atoms with Crippen molar-refractivity contribution >= 4 is 27.7 Å². The highest BCUT2D eigenvalue weighted by Gasteiger charge is 2.17. The molecule has 5 heteroatoms. The van der Waals surface area contributed by atoms with Crippen molar-refractivity contribution in [2.45, 2.75) is 39.8 Å². The van der Waals surface area contributed by atoms with E-state index < -0.39 is 5.91 Å². The number of nitrogens with zero attached hydrogens (tertiary/aromatic N) is 2. The first-order valence-electron chi connectivity index (χ1n) is 11.4. The first kappa shape index (κ1) is 22.7. The topological polar surface area (TPSA) is 68.3 Å². The van der Waals surface area contributed by atoms with Gasteiger partial charge in [-0.25, -0.2) is 0 Å². The fraction of sp³-hybridized carbons (Fsp3) is 0.286. The first-order chi connectivity index (χ1) is 15.9. The maximum atomic E-state index is 13.5. The Balaban J connectivity index is 1.75. The molecule has 0 saturated carbocycles. The Morgan fingerprint density at radius 1 is 1.00 bits per heavy atom. The molecule has 1 heterocycles. The third-order valence-electron chi connectivity index (χ3n) is 6.44. The molecule has 33 heavy (non-hydrogen) atoms. The fourth-order valence-corrected chi connectivity index (χ4v) is 4.70. The van der Waals surface area contributed by atoms with E-state index in [0.29, 0.717) is 16.3 Å². The van der Waals surface area contributed by atoms with Crippen LogP contribution in [0, 0.1) is 13.8 Å². The number of aromatic nitrogens is 1. The average Bonchev–Trinajstić information content (AvgIpc) is 2.78. The minimum Gasteiger partial charge on any atom is -0.369 e.